The quantitative estimate of drug-likeness (QED) is 0.263. The van der Waals surface area contributed by atoms with Crippen molar-refractivity contribution in [2.24, 2.45) is 0 Å². The molecule has 0 saturated heterocycles. The normalized spacial score (nSPS) is 10.4. The molecule has 0 fully saturated rings. The predicted molar refractivity (Wildman–Crippen MR) is 130 cm³/mol. The first-order chi connectivity index (χ1) is 17.9. The van der Waals surface area contributed by atoms with E-state index in [-0.39, 0.29) is 40.9 Å². The summed E-state index contributed by atoms with van der Waals surface area (Å²) in [7, 11) is 2.69. The smallest absolute Gasteiger partial charge is 0.337 e. The Hall–Kier alpha value is -5.01. The lowest BCUT2D eigenvalue weighted by Gasteiger charge is -2.16. The molecule has 1 N–H and O–H groups in total. The minimum atomic E-state index is -0.629. The zero-order valence-corrected chi connectivity index (χ0v) is 19.8. The number of methoxy groups -OCH3 is 2. The number of nitrogens with zero attached hydrogens (tertiary/aromatic N) is 2. The van der Waals surface area contributed by atoms with E-state index in [1.54, 1.807) is 36.4 Å². The number of carbonyl (C=O) groups excluding carboxylic acids is 2. The number of hydrogen-bond donors (Lipinski definition) is 1. The van der Waals surface area contributed by atoms with Crippen molar-refractivity contribution in [3.8, 4) is 34.2 Å². The minimum Gasteiger partial charge on any atom is -0.467 e. The molecular formula is C27H20FN3O6. The second-order valence-corrected chi connectivity index (χ2v) is 7.59. The third-order valence-electron chi connectivity index (χ3n) is 5.25. The first kappa shape index (κ1) is 25.1. The molecule has 186 valence electrons. The molecule has 1 amide bonds. The zero-order valence-electron chi connectivity index (χ0n) is 19.8. The van der Waals surface area contributed by atoms with E-state index in [1.807, 2.05) is 0 Å². The monoisotopic (exact) mass is 501 g/mol. The number of rotatable bonds is 8. The number of anilines is 1. The van der Waals surface area contributed by atoms with E-state index in [4.69, 9.17) is 18.6 Å². The van der Waals surface area contributed by atoms with Gasteiger partial charge in [-0.15, -0.1) is 0 Å². The van der Waals surface area contributed by atoms with E-state index >= 15 is 0 Å². The number of nitrogens with one attached hydrogen (secondary N) is 1. The van der Waals surface area contributed by atoms with E-state index in [9.17, 15) is 19.2 Å². The topological polar surface area (TPSA) is 124 Å². The maximum atomic E-state index is 14.0. The van der Waals surface area contributed by atoms with Crippen molar-refractivity contribution in [1.29, 1.82) is 5.26 Å². The molecule has 9 nitrogen and oxygen atoms in total. The van der Waals surface area contributed by atoms with Gasteiger partial charge in [0.15, 0.2) is 18.4 Å². The molecule has 37 heavy (non-hydrogen) atoms. The summed E-state index contributed by atoms with van der Waals surface area (Å²) in [5.74, 6) is -1.65. The molecule has 2 heterocycles. The van der Waals surface area contributed by atoms with Gasteiger partial charge >= 0.3 is 5.97 Å². The summed E-state index contributed by atoms with van der Waals surface area (Å²) in [6.07, 6.45) is 1.34. The summed E-state index contributed by atoms with van der Waals surface area (Å²) in [6.45, 7) is -0.150. The van der Waals surface area contributed by atoms with Crippen LogP contribution in [0.25, 0.3) is 22.4 Å². The number of pyridine rings is 1. The van der Waals surface area contributed by atoms with Crippen LogP contribution >= 0.6 is 0 Å². The zero-order chi connectivity index (χ0) is 26.4. The minimum absolute atomic E-state index is 0.0104. The molecule has 4 aromatic rings. The first-order valence-electron chi connectivity index (χ1n) is 10.9. The van der Waals surface area contributed by atoms with Crippen LogP contribution in [-0.4, -0.2) is 37.9 Å². The first-order valence-corrected chi connectivity index (χ1v) is 10.9. The Morgan fingerprint density at radius 3 is 2.62 bits per heavy atom. The number of furan rings is 1. The highest BCUT2D eigenvalue weighted by Gasteiger charge is 2.21. The average Bonchev–Trinajstić information content (AvgIpc) is 3.46. The standard InChI is InChI=1S/C27H20FN3O6/c1-34-15-37-24-12-18(28)8-9-19(24)22-13-20(16-5-3-6-17(11-16)27(33)35-2)21(14-29)25(30-22)31-26(32)23-7-4-10-36-23/h3-13H,15H2,1-2H3,(H,30,31,32). The number of esters is 1. The Morgan fingerprint density at radius 1 is 1.08 bits per heavy atom. The molecule has 10 heteroatoms. The van der Waals surface area contributed by atoms with Crippen LogP contribution in [0.5, 0.6) is 5.75 Å². The summed E-state index contributed by atoms with van der Waals surface area (Å²) in [6, 6.07) is 17.0. The fraction of sp³-hybridized carbons (Fsp3) is 0.111. The van der Waals surface area contributed by atoms with Crippen molar-refractivity contribution < 1.29 is 32.6 Å². The lowest BCUT2D eigenvalue weighted by Crippen LogP contribution is -2.14. The van der Waals surface area contributed by atoms with E-state index in [1.165, 1.54) is 44.7 Å². The number of aromatic nitrogens is 1. The van der Waals surface area contributed by atoms with Crippen molar-refractivity contribution in [3.63, 3.8) is 0 Å². The van der Waals surface area contributed by atoms with Gasteiger partial charge in [-0.1, -0.05) is 12.1 Å². The molecule has 0 unspecified atom stereocenters. The number of benzene rings is 2. The summed E-state index contributed by atoms with van der Waals surface area (Å²) < 4.78 is 34.5. The third-order valence-corrected chi connectivity index (χ3v) is 5.25. The Kier molecular flexibility index (Phi) is 7.56. The average molecular weight is 501 g/mol. The van der Waals surface area contributed by atoms with Gasteiger partial charge in [0.1, 0.15) is 23.2 Å². The van der Waals surface area contributed by atoms with Crippen LogP contribution in [0.1, 0.15) is 26.5 Å². The maximum absolute atomic E-state index is 14.0. The predicted octanol–water partition coefficient (Wildman–Crippen LogP) is 5.04. The third kappa shape index (κ3) is 5.47. The second kappa shape index (κ2) is 11.2. The van der Waals surface area contributed by atoms with Crippen molar-refractivity contribution in [3.05, 3.63) is 89.6 Å². The maximum Gasteiger partial charge on any atom is 0.337 e. The van der Waals surface area contributed by atoms with Gasteiger partial charge in [-0.3, -0.25) is 4.79 Å². The van der Waals surface area contributed by atoms with Gasteiger partial charge in [0.2, 0.25) is 0 Å². The Labute approximate surface area is 211 Å². The van der Waals surface area contributed by atoms with E-state index in [2.05, 4.69) is 16.4 Å². The molecule has 2 aromatic heterocycles. The number of ether oxygens (including phenoxy) is 3. The molecule has 2 aromatic carbocycles. The molecule has 0 aliphatic heterocycles. The summed E-state index contributed by atoms with van der Waals surface area (Å²) in [5, 5.41) is 12.7. The number of halogens is 1. The van der Waals surface area contributed by atoms with Crippen LogP contribution in [0.4, 0.5) is 10.2 Å². The fourth-order valence-corrected chi connectivity index (χ4v) is 3.57. The number of hydrogen-bond acceptors (Lipinski definition) is 8. The van der Waals surface area contributed by atoms with E-state index < -0.39 is 17.7 Å². The lowest BCUT2D eigenvalue weighted by atomic mass is 9.96. The van der Waals surface area contributed by atoms with Gasteiger partial charge < -0.3 is 23.9 Å². The van der Waals surface area contributed by atoms with Crippen LogP contribution in [0.2, 0.25) is 0 Å². The Balaban J connectivity index is 1.93. The molecule has 0 aliphatic rings. The molecule has 0 saturated carbocycles. The molecular weight excluding hydrogens is 481 g/mol. The van der Waals surface area contributed by atoms with Gasteiger partial charge in [0.05, 0.1) is 24.6 Å². The highest BCUT2D eigenvalue weighted by molar-refractivity contribution is 6.03. The fourth-order valence-electron chi connectivity index (χ4n) is 3.57. The van der Waals surface area contributed by atoms with Crippen molar-refractivity contribution in [2.45, 2.75) is 0 Å². The Morgan fingerprint density at radius 2 is 1.92 bits per heavy atom. The van der Waals surface area contributed by atoms with Gasteiger partial charge in [-0.25, -0.2) is 14.2 Å². The molecule has 4 rings (SSSR count). The Bertz CT molecular complexity index is 1490. The number of amides is 1. The van der Waals surface area contributed by atoms with Crippen molar-refractivity contribution >= 4 is 17.7 Å². The lowest BCUT2D eigenvalue weighted by molar-refractivity contribution is 0.0513. The second-order valence-electron chi connectivity index (χ2n) is 7.59. The van der Waals surface area contributed by atoms with E-state index in [0.29, 0.717) is 16.7 Å². The van der Waals surface area contributed by atoms with Crippen LogP contribution in [0, 0.1) is 17.1 Å². The van der Waals surface area contributed by atoms with Crippen LogP contribution in [-0.2, 0) is 9.47 Å². The highest BCUT2D eigenvalue weighted by Crippen LogP contribution is 2.36. The summed E-state index contributed by atoms with van der Waals surface area (Å²) >= 11 is 0. The van der Waals surface area contributed by atoms with Gasteiger partial charge in [0.25, 0.3) is 5.91 Å². The highest BCUT2D eigenvalue weighted by atomic mass is 19.1. The summed E-state index contributed by atoms with van der Waals surface area (Å²) in [5.41, 5.74) is 1.77. The van der Waals surface area contributed by atoms with Gasteiger partial charge in [-0.2, -0.15) is 5.26 Å². The van der Waals surface area contributed by atoms with Crippen molar-refractivity contribution in [2.75, 3.05) is 26.3 Å². The molecule has 0 aliphatic carbocycles. The molecule has 0 bridgehead atoms. The summed E-state index contributed by atoms with van der Waals surface area (Å²) in [4.78, 5) is 29.4. The van der Waals surface area contributed by atoms with Gasteiger partial charge in [-0.05, 0) is 48.0 Å². The van der Waals surface area contributed by atoms with Crippen LogP contribution in [0.3, 0.4) is 0 Å². The molecule has 0 atom stereocenters. The largest absolute Gasteiger partial charge is 0.467 e. The molecule has 0 radical (unpaired) electrons. The van der Waals surface area contributed by atoms with Crippen LogP contribution in [0.15, 0.2) is 71.3 Å². The van der Waals surface area contributed by atoms with Gasteiger partial charge in [0, 0.05) is 24.3 Å². The van der Waals surface area contributed by atoms with Crippen molar-refractivity contribution in [1.82, 2.24) is 4.98 Å². The number of nitriles is 1. The van der Waals surface area contributed by atoms with Crippen LogP contribution < -0.4 is 10.1 Å². The SMILES string of the molecule is COCOc1cc(F)ccc1-c1cc(-c2cccc(C(=O)OC)c2)c(C#N)c(NC(=O)c2ccco2)n1. The molecule has 0 spiro atoms. The van der Waals surface area contributed by atoms with E-state index in [0.717, 1.165) is 0 Å². The number of carbonyl (C=O) groups is 2.